The first-order valence-electron chi connectivity index (χ1n) is 10.2. The third kappa shape index (κ3) is 8.35. The van der Waals surface area contributed by atoms with E-state index in [1.807, 2.05) is 6.08 Å². The smallest absolute Gasteiger partial charge is 0.330 e. The quantitative estimate of drug-likeness (QED) is 0.167. The number of hydrogen-bond donors (Lipinski definition) is 0. The molecule has 0 spiro atoms. The van der Waals surface area contributed by atoms with Crippen molar-refractivity contribution in [1.29, 1.82) is 0 Å². The molecule has 0 N–H and O–H groups in total. The van der Waals surface area contributed by atoms with Gasteiger partial charge in [-0.15, -0.1) is 6.58 Å². The third-order valence-corrected chi connectivity index (χ3v) is 15.3. The number of ether oxygens (including phenoxy) is 1. The lowest BCUT2D eigenvalue weighted by atomic mass is 10.0. The Balaban J connectivity index is 5.34. The van der Waals surface area contributed by atoms with Gasteiger partial charge in [0, 0.05) is 18.6 Å². The predicted molar refractivity (Wildman–Crippen MR) is 125 cm³/mol. The molecule has 0 unspecified atom stereocenters. The summed E-state index contributed by atoms with van der Waals surface area (Å²) in [4.78, 5) is 11.5. The maximum Gasteiger partial charge on any atom is 0.330 e. The fraction of sp³-hybridized carbons (Fsp3) is 0.773. The Hall–Kier alpha value is -0.696. The molecule has 0 aliphatic rings. The fourth-order valence-corrected chi connectivity index (χ4v) is 4.59. The molecule has 0 aliphatic carbocycles. The lowest BCUT2D eigenvalue weighted by Crippen LogP contribution is -2.47. The molecular weight excluding hydrogens is 384 g/mol. The maximum absolute atomic E-state index is 11.5. The Labute approximate surface area is 176 Å². The molecule has 0 aliphatic heterocycles. The van der Waals surface area contributed by atoms with Crippen molar-refractivity contribution in [2.75, 3.05) is 13.2 Å². The van der Waals surface area contributed by atoms with Gasteiger partial charge in [0.05, 0.1) is 6.10 Å². The van der Waals surface area contributed by atoms with Gasteiger partial charge in [-0.25, -0.2) is 4.79 Å². The van der Waals surface area contributed by atoms with Crippen LogP contribution in [0.5, 0.6) is 0 Å². The van der Waals surface area contributed by atoms with Crippen LogP contribution < -0.4 is 0 Å². The molecule has 0 aromatic heterocycles. The Kier molecular flexibility index (Phi) is 10.1. The Morgan fingerprint density at radius 3 is 1.86 bits per heavy atom. The highest BCUT2D eigenvalue weighted by molar-refractivity contribution is 6.74. The molecule has 0 radical (unpaired) electrons. The molecule has 0 saturated carbocycles. The van der Waals surface area contributed by atoms with E-state index in [1.165, 1.54) is 6.08 Å². The van der Waals surface area contributed by atoms with Crippen molar-refractivity contribution in [3.8, 4) is 0 Å². The average molecular weight is 429 g/mol. The van der Waals surface area contributed by atoms with E-state index in [4.69, 9.17) is 13.6 Å². The van der Waals surface area contributed by atoms with Crippen LogP contribution in [0.2, 0.25) is 36.3 Å². The largest absolute Gasteiger partial charge is 0.462 e. The Morgan fingerprint density at radius 1 is 0.964 bits per heavy atom. The highest BCUT2D eigenvalue weighted by atomic mass is 28.4. The van der Waals surface area contributed by atoms with Crippen LogP contribution in [0.3, 0.4) is 0 Å². The van der Waals surface area contributed by atoms with Crippen LogP contribution in [-0.2, 0) is 18.4 Å². The van der Waals surface area contributed by atoms with Gasteiger partial charge in [-0.3, -0.25) is 0 Å². The van der Waals surface area contributed by atoms with Gasteiger partial charge in [-0.2, -0.15) is 0 Å². The zero-order valence-electron chi connectivity index (χ0n) is 20.0. The predicted octanol–water partition coefficient (Wildman–Crippen LogP) is 6.32. The van der Waals surface area contributed by atoms with Crippen molar-refractivity contribution >= 4 is 22.6 Å². The second-order valence-electron chi connectivity index (χ2n) is 10.5. The normalized spacial score (nSPS) is 15.6. The molecule has 0 amide bonds. The summed E-state index contributed by atoms with van der Waals surface area (Å²) in [5.41, 5.74) is 0. The van der Waals surface area contributed by atoms with Crippen LogP contribution in [0.25, 0.3) is 0 Å². The lowest BCUT2D eigenvalue weighted by Gasteiger charge is -2.41. The highest BCUT2D eigenvalue weighted by Crippen LogP contribution is 2.39. The molecule has 0 heterocycles. The van der Waals surface area contributed by atoms with Crippen LogP contribution in [0, 0.1) is 5.92 Å². The summed E-state index contributed by atoms with van der Waals surface area (Å²) in [5, 5.41) is 0.259. The molecular formula is C22H44O4Si2. The van der Waals surface area contributed by atoms with E-state index in [0.29, 0.717) is 6.61 Å². The SMILES string of the molecule is C=CC(=O)OC[C@@H](C=C)[C@H](CCO[Si](C)(C)C(C)(C)C)O[Si](C)(C)C(C)(C)C. The fourth-order valence-electron chi connectivity index (χ4n) is 2.13. The lowest BCUT2D eigenvalue weighted by molar-refractivity contribution is -0.139. The van der Waals surface area contributed by atoms with Crippen molar-refractivity contribution in [3.05, 3.63) is 25.3 Å². The van der Waals surface area contributed by atoms with E-state index in [-0.39, 0.29) is 28.7 Å². The second kappa shape index (κ2) is 10.4. The Morgan fingerprint density at radius 2 is 1.46 bits per heavy atom. The summed E-state index contributed by atoms with van der Waals surface area (Å²) >= 11 is 0. The summed E-state index contributed by atoms with van der Waals surface area (Å²) in [7, 11) is -3.82. The molecule has 28 heavy (non-hydrogen) atoms. The molecule has 0 fully saturated rings. The number of hydrogen-bond acceptors (Lipinski definition) is 4. The molecule has 6 heteroatoms. The zero-order chi connectivity index (χ0) is 22.4. The number of esters is 1. The van der Waals surface area contributed by atoms with E-state index < -0.39 is 22.6 Å². The van der Waals surface area contributed by atoms with E-state index in [2.05, 4.69) is 80.9 Å². The van der Waals surface area contributed by atoms with Gasteiger partial charge in [0.25, 0.3) is 0 Å². The van der Waals surface area contributed by atoms with Crippen molar-refractivity contribution in [2.45, 2.75) is 90.3 Å². The highest BCUT2D eigenvalue weighted by Gasteiger charge is 2.41. The Bertz CT molecular complexity index is 528. The minimum absolute atomic E-state index is 0.0824. The maximum atomic E-state index is 11.5. The molecule has 2 atom stereocenters. The molecule has 0 aromatic carbocycles. The summed E-state index contributed by atoms with van der Waals surface area (Å²) in [6, 6.07) is 0. The molecule has 4 nitrogen and oxygen atoms in total. The first-order valence-corrected chi connectivity index (χ1v) is 16.0. The molecule has 0 saturated heterocycles. The van der Waals surface area contributed by atoms with Gasteiger partial charge < -0.3 is 13.6 Å². The van der Waals surface area contributed by atoms with Crippen molar-refractivity contribution in [3.63, 3.8) is 0 Å². The zero-order valence-corrected chi connectivity index (χ0v) is 22.0. The summed E-state index contributed by atoms with van der Waals surface area (Å²) in [5.74, 6) is -0.503. The minimum atomic E-state index is -2.00. The first kappa shape index (κ1) is 27.3. The second-order valence-corrected chi connectivity index (χ2v) is 20.1. The monoisotopic (exact) mass is 428 g/mol. The van der Waals surface area contributed by atoms with E-state index in [0.717, 1.165) is 6.42 Å². The number of carbonyl (C=O) groups is 1. The van der Waals surface area contributed by atoms with Gasteiger partial charge >= 0.3 is 5.97 Å². The van der Waals surface area contributed by atoms with Crippen LogP contribution in [0.1, 0.15) is 48.0 Å². The molecule has 164 valence electrons. The van der Waals surface area contributed by atoms with E-state index in [9.17, 15) is 4.79 Å². The minimum Gasteiger partial charge on any atom is -0.462 e. The van der Waals surface area contributed by atoms with Gasteiger partial charge in [0.15, 0.2) is 16.6 Å². The van der Waals surface area contributed by atoms with E-state index >= 15 is 0 Å². The summed E-state index contributed by atoms with van der Waals surface area (Å²) < 4.78 is 18.4. The standard InChI is InChI=1S/C22H44O4Si2/c1-13-18(17-24-20(23)14-2)19(26-28(11,12)22(6,7)8)15-16-25-27(9,10)21(3,4)5/h13-14,18-19H,1-2,15-17H2,3-12H3/t18-,19+/m1/s1. The third-order valence-electron chi connectivity index (χ3n) is 6.29. The average Bonchev–Trinajstić information content (AvgIpc) is 2.52. The number of rotatable bonds is 11. The summed E-state index contributed by atoms with van der Waals surface area (Å²) in [6.45, 7) is 30.7. The van der Waals surface area contributed by atoms with Crippen LogP contribution in [0.4, 0.5) is 0 Å². The topological polar surface area (TPSA) is 44.8 Å². The van der Waals surface area contributed by atoms with Crippen LogP contribution in [0.15, 0.2) is 25.3 Å². The molecule has 0 aromatic rings. The van der Waals surface area contributed by atoms with Crippen molar-refractivity contribution in [1.82, 2.24) is 0 Å². The summed E-state index contributed by atoms with van der Waals surface area (Å²) in [6.07, 6.45) is 3.67. The molecule has 0 rings (SSSR count). The van der Waals surface area contributed by atoms with Gasteiger partial charge in [-0.05, 0) is 42.7 Å². The van der Waals surface area contributed by atoms with Gasteiger partial charge in [0.2, 0.25) is 0 Å². The van der Waals surface area contributed by atoms with Crippen molar-refractivity contribution < 1.29 is 18.4 Å². The van der Waals surface area contributed by atoms with Crippen molar-refractivity contribution in [2.24, 2.45) is 5.92 Å². The van der Waals surface area contributed by atoms with Gasteiger partial charge in [-0.1, -0.05) is 54.2 Å². The van der Waals surface area contributed by atoms with E-state index in [1.54, 1.807) is 0 Å². The van der Waals surface area contributed by atoms with Gasteiger partial charge in [0.1, 0.15) is 6.61 Å². The number of carbonyl (C=O) groups excluding carboxylic acids is 1. The van der Waals surface area contributed by atoms with Crippen LogP contribution in [-0.4, -0.2) is 41.9 Å². The first-order chi connectivity index (χ1) is 12.5. The van der Waals surface area contributed by atoms with Crippen LogP contribution >= 0.6 is 0 Å². The molecule has 0 bridgehead atoms.